The highest BCUT2D eigenvalue weighted by molar-refractivity contribution is 7.26. The van der Waals surface area contributed by atoms with Crippen molar-refractivity contribution in [3.63, 3.8) is 0 Å². The number of fused-ring (bicyclic) bond motifs is 13. The Morgan fingerprint density at radius 1 is 0.345 bits per heavy atom. The highest BCUT2D eigenvalue weighted by Gasteiger charge is 2.46. The fourth-order valence-electron chi connectivity index (χ4n) is 10.5. The van der Waals surface area contributed by atoms with E-state index in [0.717, 1.165) is 11.4 Å². The number of hydrogen-bond acceptors (Lipinski definition) is 1. The molecule has 0 amide bonds. The van der Waals surface area contributed by atoms with Gasteiger partial charge >= 0.3 is 0 Å². The summed E-state index contributed by atoms with van der Waals surface area (Å²) in [7, 11) is 0. The first kappa shape index (κ1) is 31.9. The maximum Gasteiger partial charge on any atom is 0.0715 e. The van der Waals surface area contributed by atoms with Gasteiger partial charge in [-0.15, -0.1) is 11.3 Å². The number of aromatic nitrogens is 2. The van der Waals surface area contributed by atoms with Crippen molar-refractivity contribution in [1.82, 2.24) is 9.13 Å². The zero-order valence-corrected chi connectivity index (χ0v) is 32.2. The molecule has 0 saturated carbocycles. The van der Waals surface area contributed by atoms with E-state index in [2.05, 4.69) is 215 Å². The van der Waals surface area contributed by atoms with Gasteiger partial charge in [0.05, 0.1) is 27.5 Å². The lowest BCUT2D eigenvalue weighted by Gasteiger charge is -2.34. The summed E-state index contributed by atoms with van der Waals surface area (Å²) in [5, 5.41) is 7.79. The van der Waals surface area contributed by atoms with Gasteiger partial charge in [-0.3, -0.25) is 0 Å². The van der Waals surface area contributed by atoms with Gasteiger partial charge in [0.15, 0.2) is 0 Å². The molecular weight excluding hydrogens is 721 g/mol. The minimum absolute atomic E-state index is 0.574. The van der Waals surface area contributed by atoms with Gasteiger partial charge in [0.2, 0.25) is 0 Å². The van der Waals surface area contributed by atoms with Crippen LogP contribution in [0.2, 0.25) is 0 Å². The van der Waals surface area contributed by atoms with Gasteiger partial charge in [-0.1, -0.05) is 152 Å². The topological polar surface area (TPSA) is 9.86 Å². The molecule has 0 unspecified atom stereocenters. The van der Waals surface area contributed by atoms with E-state index in [1.165, 1.54) is 97.2 Å². The monoisotopic (exact) mass is 754 g/mol. The van der Waals surface area contributed by atoms with Crippen LogP contribution in [0.5, 0.6) is 0 Å². The number of thiophene rings is 1. The molecule has 0 saturated heterocycles. The molecule has 1 aliphatic rings. The molecule has 3 aromatic heterocycles. The zero-order valence-electron chi connectivity index (χ0n) is 31.4. The molecule has 9 aromatic carbocycles. The van der Waals surface area contributed by atoms with Gasteiger partial charge in [0, 0.05) is 53.1 Å². The second-order valence-electron chi connectivity index (χ2n) is 15.6. The van der Waals surface area contributed by atoms with Crippen LogP contribution in [0.15, 0.2) is 206 Å². The molecular formula is C55H34N2S. The van der Waals surface area contributed by atoms with E-state index in [4.69, 9.17) is 0 Å². The Labute approximate surface area is 339 Å². The van der Waals surface area contributed by atoms with Crippen molar-refractivity contribution in [3.05, 3.63) is 229 Å². The summed E-state index contributed by atoms with van der Waals surface area (Å²) in [4.78, 5) is 0. The summed E-state index contributed by atoms with van der Waals surface area (Å²) in [6.45, 7) is 0. The molecule has 2 nitrogen and oxygen atoms in total. The maximum atomic E-state index is 2.50. The summed E-state index contributed by atoms with van der Waals surface area (Å²) in [5.41, 5.74) is 14.3. The number of benzene rings is 9. The van der Waals surface area contributed by atoms with Crippen molar-refractivity contribution in [2.24, 2.45) is 0 Å². The van der Waals surface area contributed by atoms with Crippen LogP contribution in [-0.2, 0) is 5.41 Å². The standard InChI is InChI=1S/C55H34N2S/c1-3-15-35(16-4-1)55(36-17-5-2-6-18-36)46-33-37(56-48-23-11-7-19-41(48)42-20-8-12-24-49(42)56)27-29-39(46)40-30-28-38(34-47(40)55)57-50-25-13-9-22-45(50)53-51(57)32-31-44-43-21-10-14-26-52(43)58-54(44)53/h1-34H. The molecule has 13 rings (SSSR count). The molecule has 0 aliphatic heterocycles. The SMILES string of the molecule is c1ccc(C2(c3ccccc3)c3cc(-n4c5ccccc5c5ccccc54)ccc3-c3ccc(-n4c5ccccc5c5c6sc7ccccc7c6ccc54)cc32)cc1. The minimum Gasteiger partial charge on any atom is -0.309 e. The third-order valence-electron chi connectivity index (χ3n) is 12.8. The number of hydrogen-bond donors (Lipinski definition) is 0. The third-order valence-corrected chi connectivity index (χ3v) is 14.0. The Morgan fingerprint density at radius 2 is 0.810 bits per heavy atom. The molecule has 58 heavy (non-hydrogen) atoms. The number of nitrogens with zero attached hydrogens (tertiary/aromatic N) is 2. The Bertz CT molecular complexity index is 3530. The van der Waals surface area contributed by atoms with E-state index >= 15 is 0 Å². The number of para-hydroxylation sites is 3. The Kier molecular flexibility index (Phi) is 6.56. The molecule has 1 aliphatic carbocycles. The first-order chi connectivity index (χ1) is 28.8. The molecule has 0 atom stereocenters. The second kappa shape index (κ2) is 11.9. The molecule has 0 bridgehead atoms. The van der Waals surface area contributed by atoms with Gasteiger partial charge in [0.1, 0.15) is 0 Å². The highest BCUT2D eigenvalue weighted by Crippen LogP contribution is 2.57. The predicted octanol–water partition coefficient (Wildman–Crippen LogP) is 14.6. The van der Waals surface area contributed by atoms with Crippen LogP contribution >= 0.6 is 11.3 Å². The van der Waals surface area contributed by atoms with Gasteiger partial charge in [-0.05, 0) is 88.0 Å². The van der Waals surface area contributed by atoms with Crippen LogP contribution in [0.4, 0.5) is 0 Å². The van der Waals surface area contributed by atoms with E-state index < -0.39 is 5.41 Å². The van der Waals surface area contributed by atoms with Crippen LogP contribution in [0.25, 0.3) is 86.3 Å². The summed E-state index contributed by atoms with van der Waals surface area (Å²) >= 11 is 1.91. The molecule has 270 valence electrons. The van der Waals surface area contributed by atoms with Gasteiger partial charge in [-0.2, -0.15) is 0 Å². The Hall–Kier alpha value is -7.20. The van der Waals surface area contributed by atoms with E-state index in [-0.39, 0.29) is 0 Å². The summed E-state index contributed by atoms with van der Waals surface area (Å²) in [5.74, 6) is 0. The third kappa shape index (κ3) is 4.16. The molecule has 3 heteroatoms. The average molecular weight is 755 g/mol. The van der Waals surface area contributed by atoms with E-state index in [1.54, 1.807) is 0 Å². The van der Waals surface area contributed by atoms with Crippen molar-refractivity contribution in [1.29, 1.82) is 0 Å². The lowest BCUT2D eigenvalue weighted by atomic mass is 9.67. The van der Waals surface area contributed by atoms with Gasteiger partial charge < -0.3 is 9.13 Å². The normalized spacial score (nSPS) is 13.3. The first-order valence-electron chi connectivity index (χ1n) is 20.0. The van der Waals surface area contributed by atoms with Crippen molar-refractivity contribution < 1.29 is 0 Å². The van der Waals surface area contributed by atoms with Gasteiger partial charge in [-0.25, -0.2) is 0 Å². The van der Waals surface area contributed by atoms with Crippen LogP contribution < -0.4 is 0 Å². The quantitative estimate of drug-likeness (QED) is 0.169. The number of rotatable bonds is 4. The van der Waals surface area contributed by atoms with E-state index in [0.29, 0.717) is 0 Å². The molecule has 0 radical (unpaired) electrons. The molecule has 3 heterocycles. The smallest absolute Gasteiger partial charge is 0.0715 e. The highest BCUT2D eigenvalue weighted by atomic mass is 32.1. The summed E-state index contributed by atoms with van der Waals surface area (Å²) in [6.07, 6.45) is 0. The van der Waals surface area contributed by atoms with Crippen molar-refractivity contribution in [2.45, 2.75) is 5.41 Å². The summed E-state index contributed by atoms with van der Waals surface area (Å²) < 4.78 is 7.63. The van der Waals surface area contributed by atoms with Crippen LogP contribution in [0.3, 0.4) is 0 Å². The van der Waals surface area contributed by atoms with Gasteiger partial charge in [0.25, 0.3) is 0 Å². The lowest BCUT2D eigenvalue weighted by Crippen LogP contribution is -2.28. The molecule has 0 N–H and O–H groups in total. The fraction of sp³-hybridized carbons (Fsp3) is 0.0182. The second-order valence-corrected chi connectivity index (χ2v) is 16.7. The maximum absolute atomic E-state index is 2.50. The molecule has 0 fully saturated rings. The largest absolute Gasteiger partial charge is 0.309 e. The van der Waals surface area contributed by atoms with Crippen molar-refractivity contribution >= 4 is 75.1 Å². The molecule has 0 spiro atoms. The average Bonchev–Trinajstić information content (AvgIpc) is 4.02. The van der Waals surface area contributed by atoms with Crippen molar-refractivity contribution in [3.8, 4) is 22.5 Å². The van der Waals surface area contributed by atoms with Crippen LogP contribution in [0, 0.1) is 0 Å². The lowest BCUT2D eigenvalue weighted by molar-refractivity contribution is 0.766. The predicted molar refractivity (Wildman–Crippen MR) is 245 cm³/mol. The first-order valence-corrected chi connectivity index (χ1v) is 20.8. The fourth-order valence-corrected chi connectivity index (χ4v) is 11.7. The van der Waals surface area contributed by atoms with E-state index in [1.807, 2.05) is 11.3 Å². The van der Waals surface area contributed by atoms with E-state index in [9.17, 15) is 0 Å². The van der Waals surface area contributed by atoms with Crippen molar-refractivity contribution in [2.75, 3.05) is 0 Å². The summed E-state index contributed by atoms with van der Waals surface area (Å²) in [6, 6.07) is 76.8. The molecule has 12 aromatic rings. The van der Waals surface area contributed by atoms with Crippen LogP contribution in [0.1, 0.15) is 22.3 Å². The van der Waals surface area contributed by atoms with Crippen LogP contribution in [-0.4, -0.2) is 9.13 Å². The Morgan fingerprint density at radius 3 is 1.40 bits per heavy atom. The Balaban J connectivity index is 1.12. The minimum atomic E-state index is -0.574. The zero-order chi connectivity index (χ0) is 38.0.